The molecule has 8 nitrogen and oxygen atoms in total. The monoisotopic (exact) mass is 519 g/mol. The van der Waals surface area contributed by atoms with Gasteiger partial charge in [-0.1, -0.05) is 17.3 Å². The maximum absolute atomic E-state index is 14.3. The van der Waals surface area contributed by atoms with Gasteiger partial charge in [-0.15, -0.1) is 5.10 Å². The smallest absolute Gasteiger partial charge is 0.435 e. The van der Waals surface area contributed by atoms with E-state index in [9.17, 15) is 22.7 Å². The molecule has 12 heteroatoms. The SMILES string of the molecule is CCn1cc(C(O)c2cc(C(F)(F)F)nn2-c2ccc(F)cc2[C@@H](C)OCc2ccc(OC)cc2)nn1. The van der Waals surface area contributed by atoms with Gasteiger partial charge in [-0.05, 0) is 55.8 Å². The summed E-state index contributed by atoms with van der Waals surface area (Å²) in [7, 11) is 1.55. The molecular formula is C25H25F4N5O3. The number of methoxy groups -OCH3 is 1. The molecule has 0 radical (unpaired) electrons. The van der Waals surface area contributed by atoms with Crippen LogP contribution in [-0.4, -0.2) is 37.0 Å². The van der Waals surface area contributed by atoms with Crippen LogP contribution in [0.3, 0.4) is 0 Å². The molecule has 0 bridgehead atoms. The number of rotatable bonds is 9. The third-order valence-corrected chi connectivity index (χ3v) is 5.78. The van der Waals surface area contributed by atoms with Gasteiger partial charge in [0.1, 0.15) is 23.4 Å². The number of benzene rings is 2. The van der Waals surface area contributed by atoms with Crippen LogP contribution in [0.1, 0.15) is 54.3 Å². The van der Waals surface area contributed by atoms with Crippen LogP contribution < -0.4 is 4.74 Å². The molecule has 0 spiro atoms. The average Bonchev–Trinajstić information content (AvgIpc) is 3.55. The number of nitrogens with zero attached hydrogens (tertiary/aromatic N) is 5. The quantitative estimate of drug-likeness (QED) is 0.313. The number of hydrogen-bond acceptors (Lipinski definition) is 6. The second-order valence-electron chi connectivity index (χ2n) is 8.27. The summed E-state index contributed by atoms with van der Waals surface area (Å²) in [6, 6.07) is 11.5. The lowest BCUT2D eigenvalue weighted by Gasteiger charge is -2.20. The molecule has 196 valence electrons. The van der Waals surface area contributed by atoms with E-state index < -0.39 is 29.9 Å². The summed E-state index contributed by atoms with van der Waals surface area (Å²) in [5.41, 5.74) is -0.187. The van der Waals surface area contributed by atoms with E-state index in [1.54, 1.807) is 45.2 Å². The van der Waals surface area contributed by atoms with Crippen LogP contribution in [0.5, 0.6) is 5.75 Å². The molecule has 2 aromatic carbocycles. The molecule has 0 saturated heterocycles. The van der Waals surface area contributed by atoms with Crippen molar-refractivity contribution in [2.24, 2.45) is 0 Å². The van der Waals surface area contributed by atoms with Crippen molar-refractivity contribution in [3.63, 3.8) is 0 Å². The van der Waals surface area contributed by atoms with Crippen LogP contribution in [0.15, 0.2) is 54.7 Å². The minimum Gasteiger partial charge on any atom is -0.497 e. The predicted molar refractivity (Wildman–Crippen MR) is 124 cm³/mol. The Balaban J connectivity index is 1.72. The number of aliphatic hydroxyl groups excluding tert-OH is 1. The van der Waals surface area contributed by atoms with E-state index >= 15 is 0 Å². The molecule has 1 N–H and O–H groups in total. The number of alkyl halides is 3. The zero-order valence-electron chi connectivity index (χ0n) is 20.3. The fourth-order valence-corrected chi connectivity index (χ4v) is 3.74. The average molecular weight is 519 g/mol. The summed E-state index contributed by atoms with van der Waals surface area (Å²) in [6.45, 7) is 4.06. The number of ether oxygens (including phenoxy) is 2. The van der Waals surface area contributed by atoms with E-state index in [4.69, 9.17) is 9.47 Å². The van der Waals surface area contributed by atoms with E-state index in [0.717, 1.165) is 22.4 Å². The maximum Gasteiger partial charge on any atom is 0.435 e. The Labute approximate surface area is 210 Å². The normalized spacial score (nSPS) is 13.5. The van der Waals surface area contributed by atoms with Crippen molar-refractivity contribution in [2.45, 2.75) is 45.4 Å². The summed E-state index contributed by atoms with van der Waals surface area (Å²) < 4.78 is 68.6. The fourth-order valence-electron chi connectivity index (χ4n) is 3.74. The lowest BCUT2D eigenvalue weighted by atomic mass is 10.1. The number of halogens is 4. The van der Waals surface area contributed by atoms with Crippen molar-refractivity contribution < 1.29 is 32.1 Å². The largest absolute Gasteiger partial charge is 0.497 e. The third kappa shape index (κ3) is 5.81. The summed E-state index contributed by atoms with van der Waals surface area (Å²) in [6.07, 6.45) is -5.66. The Morgan fingerprint density at radius 3 is 2.43 bits per heavy atom. The third-order valence-electron chi connectivity index (χ3n) is 5.78. The van der Waals surface area contributed by atoms with Crippen molar-refractivity contribution in [1.29, 1.82) is 0 Å². The summed E-state index contributed by atoms with van der Waals surface area (Å²) in [5, 5.41) is 22.4. The van der Waals surface area contributed by atoms with E-state index in [0.29, 0.717) is 12.3 Å². The molecule has 1 unspecified atom stereocenters. The van der Waals surface area contributed by atoms with Crippen molar-refractivity contribution in [2.75, 3.05) is 7.11 Å². The van der Waals surface area contributed by atoms with Gasteiger partial charge in [-0.3, -0.25) is 4.68 Å². The van der Waals surface area contributed by atoms with Gasteiger partial charge in [-0.2, -0.15) is 18.3 Å². The standard InChI is InChI=1S/C25H25F4N5O3/c1-4-33-13-20(30-32-33)24(35)22-12-23(25(27,28)29)31-34(22)21-10-7-17(26)11-19(21)15(2)37-14-16-5-8-18(36-3)9-6-16/h5-13,15,24,35H,4,14H2,1-3H3/t15-,24?/m1/s1. The van der Waals surface area contributed by atoms with E-state index in [2.05, 4.69) is 15.4 Å². The van der Waals surface area contributed by atoms with Crippen molar-refractivity contribution in [1.82, 2.24) is 24.8 Å². The Bertz CT molecular complexity index is 1350. The zero-order valence-corrected chi connectivity index (χ0v) is 20.3. The Kier molecular flexibility index (Phi) is 7.60. The number of hydrogen-bond donors (Lipinski definition) is 1. The summed E-state index contributed by atoms with van der Waals surface area (Å²) in [4.78, 5) is 0. The molecule has 0 amide bonds. The number of aliphatic hydroxyl groups is 1. The van der Waals surface area contributed by atoms with Gasteiger partial charge in [-0.25, -0.2) is 9.07 Å². The molecule has 2 aromatic heterocycles. The molecule has 0 fully saturated rings. The summed E-state index contributed by atoms with van der Waals surface area (Å²) in [5.74, 6) is 0.0725. The number of aryl methyl sites for hydroxylation is 1. The van der Waals surface area contributed by atoms with E-state index in [1.807, 2.05) is 0 Å². The molecule has 0 aliphatic rings. The summed E-state index contributed by atoms with van der Waals surface area (Å²) >= 11 is 0. The highest BCUT2D eigenvalue weighted by molar-refractivity contribution is 5.45. The van der Waals surface area contributed by atoms with Crippen LogP contribution in [0.25, 0.3) is 5.69 Å². The fraction of sp³-hybridized carbons (Fsp3) is 0.320. The first-order valence-corrected chi connectivity index (χ1v) is 11.4. The first kappa shape index (κ1) is 26.3. The highest BCUT2D eigenvalue weighted by atomic mass is 19.4. The molecular weight excluding hydrogens is 494 g/mol. The Morgan fingerprint density at radius 1 is 1.08 bits per heavy atom. The van der Waals surface area contributed by atoms with Gasteiger partial charge in [0.2, 0.25) is 0 Å². The van der Waals surface area contributed by atoms with Gasteiger partial charge in [0.25, 0.3) is 0 Å². The van der Waals surface area contributed by atoms with Crippen LogP contribution in [0.4, 0.5) is 17.6 Å². The lowest BCUT2D eigenvalue weighted by molar-refractivity contribution is -0.141. The van der Waals surface area contributed by atoms with Crippen LogP contribution in [0.2, 0.25) is 0 Å². The van der Waals surface area contributed by atoms with Gasteiger partial charge in [0.05, 0.1) is 37.4 Å². The Morgan fingerprint density at radius 2 is 1.81 bits per heavy atom. The highest BCUT2D eigenvalue weighted by Gasteiger charge is 2.37. The minimum atomic E-state index is -4.78. The lowest BCUT2D eigenvalue weighted by Crippen LogP contribution is -2.14. The second kappa shape index (κ2) is 10.7. The molecule has 2 heterocycles. The van der Waals surface area contributed by atoms with Crippen molar-refractivity contribution >= 4 is 0 Å². The van der Waals surface area contributed by atoms with E-state index in [1.165, 1.54) is 23.0 Å². The first-order chi connectivity index (χ1) is 17.6. The van der Waals surface area contributed by atoms with Gasteiger partial charge in [0, 0.05) is 12.1 Å². The second-order valence-corrected chi connectivity index (χ2v) is 8.27. The molecule has 2 atom stereocenters. The molecule has 0 aliphatic carbocycles. The van der Waals surface area contributed by atoms with E-state index in [-0.39, 0.29) is 29.2 Å². The zero-order chi connectivity index (χ0) is 26.7. The first-order valence-electron chi connectivity index (χ1n) is 11.4. The molecule has 4 aromatic rings. The van der Waals surface area contributed by atoms with Crippen LogP contribution in [-0.2, 0) is 24.1 Å². The van der Waals surface area contributed by atoms with Crippen LogP contribution in [0, 0.1) is 5.82 Å². The van der Waals surface area contributed by atoms with Gasteiger partial charge in [0.15, 0.2) is 5.69 Å². The minimum absolute atomic E-state index is 0.0455. The Hall–Kier alpha value is -3.77. The number of aromatic nitrogens is 5. The van der Waals surface area contributed by atoms with Crippen LogP contribution >= 0.6 is 0 Å². The van der Waals surface area contributed by atoms with Gasteiger partial charge < -0.3 is 14.6 Å². The molecule has 0 aliphatic heterocycles. The maximum atomic E-state index is 14.3. The van der Waals surface area contributed by atoms with Crippen molar-refractivity contribution in [3.8, 4) is 11.4 Å². The molecule has 4 rings (SSSR count). The molecule has 0 saturated carbocycles. The molecule has 37 heavy (non-hydrogen) atoms. The van der Waals surface area contributed by atoms with Gasteiger partial charge >= 0.3 is 6.18 Å². The topological polar surface area (TPSA) is 87.2 Å². The predicted octanol–water partition coefficient (Wildman–Crippen LogP) is 5.01. The van der Waals surface area contributed by atoms with Crippen molar-refractivity contribution in [3.05, 3.63) is 88.8 Å². The highest BCUT2D eigenvalue weighted by Crippen LogP contribution is 2.35.